The lowest BCUT2D eigenvalue weighted by atomic mass is 10.0. The summed E-state index contributed by atoms with van der Waals surface area (Å²) in [6.07, 6.45) is 2.55. The molecule has 3 N–H and O–H groups in total. The zero-order valence-corrected chi connectivity index (χ0v) is 12.8. The molecule has 0 radical (unpaired) electrons. The van der Waals surface area contributed by atoms with Crippen molar-refractivity contribution >= 4 is 31.9 Å². The van der Waals surface area contributed by atoms with E-state index in [4.69, 9.17) is 5.84 Å². The third-order valence-corrected chi connectivity index (χ3v) is 3.81. The molecule has 94 valence electrons. The number of nitrogens with two attached hydrogens (primary N) is 1. The molecule has 1 unspecified atom stereocenters. The number of pyridine rings is 1. The summed E-state index contributed by atoms with van der Waals surface area (Å²) in [5.41, 5.74) is 4.93. The van der Waals surface area contributed by atoms with Crippen molar-refractivity contribution in [3.05, 3.63) is 62.8 Å². The Morgan fingerprint density at radius 1 is 1.22 bits per heavy atom. The van der Waals surface area contributed by atoms with Gasteiger partial charge in [0.15, 0.2) is 0 Å². The molecule has 0 aliphatic rings. The summed E-state index contributed by atoms with van der Waals surface area (Å²) in [6.45, 7) is 0. The van der Waals surface area contributed by atoms with Gasteiger partial charge in [-0.05, 0) is 52.2 Å². The van der Waals surface area contributed by atoms with Gasteiger partial charge in [-0.2, -0.15) is 0 Å². The Hall–Kier alpha value is -0.750. The number of benzene rings is 1. The lowest BCUT2D eigenvalue weighted by Gasteiger charge is -2.16. The van der Waals surface area contributed by atoms with Gasteiger partial charge in [0.2, 0.25) is 0 Å². The van der Waals surface area contributed by atoms with Gasteiger partial charge in [-0.3, -0.25) is 16.3 Å². The first-order valence-electron chi connectivity index (χ1n) is 5.51. The molecular weight excluding hydrogens is 358 g/mol. The molecule has 0 bridgehead atoms. The molecule has 1 aromatic heterocycles. The predicted octanol–water partition coefficient (Wildman–Crippen LogP) is 3.35. The average molecular weight is 371 g/mol. The fourth-order valence-electron chi connectivity index (χ4n) is 1.79. The van der Waals surface area contributed by atoms with E-state index in [1.807, 2.05) is 24.3 Å². The molecule has 3 nitrogen and oxygen atoms in total. The second-order valence-electron chi connectivity index (χ2n) is 3.92. The Balaban J connectivity index is 2.23. The molecule has 1 heterocycles. The Morgan fingerprint density at radius 3 is 2.72 bits per heavy atom. The highest BCUT2D eigenvalue weighted by Gasteiger charge is 2.14. The Bertz CT molecular complexity index is 531. The highest BCUT2D eigenvalue weighted by molar-refractivity contribution is 9.10. The summed E-state index contributed by atoms with van der Waals surface area (Å²) >= 11 is 6.97. The van der Waals surface area contributed by atoms with E-state index in [1.54, 1.807) is 6.20 Å². The first-order chi connectivity index (χ1) is 8.70. The van der Waals surface area contributed by atoms with Crippen LogP contribution in [0.1, 0.15) is 17.3 Å². The number of hydrogen-bond donors (Lipinski definition) is 2. The number of nitrogens with one attached hydrogen (secondary N) is 1. The van der Waals surface area contributed by atoms with Gasteiger partial charge in [-0.25, -0.2) is 0 Å². The number of halogens is 2. The van der Waals surface area contributed by atoms with Crippen LogP contribution in [0.3, 0.4) is 0 Å². The van der Waals surface area contributed by atoms with Gasteiger partial charge < -0.3 is 0 Å². The molecule has 1 atom stereocenters. The van der Waals surface area contributed by atoms with Crippen molar-refractivity contribution in [1.82, 2.24) is 10.4 Å². The first kappa shape index (κ1) is 13.7. The van der Waals surface area contributed by atoms with Crippen molar-refractivity contribution in [2.45, 2.75) is 12.5 Å². The van der Waals surface area contributed by atoms with Crippen LogP contribution in [0.4, 0.5) is 0 Å². The Labute approximate surface area is 123 Å². The number of hydrazine groups is 1. The summed E-state index contributed by atoms with van der Waals surface area (Å²) < 4.78 is 2.03. The third-order valence-electron chi connectivity index (χ3n) is 2.65. The third kappa shape index (κ3) is 3.38. The van der Waals surface area contributed by atoms with Gasteiger partial charge in [0.1, 0.15) is 0 Å². The van der Waals surface area contributed by atoms with Crippen LogP contribution >= 0.6 is 31.9 Å². The van der Waals surface area contributed by atoms with Crippen LogP contribution in [0.5, 0.6) is 0 Å². The normalized spacial score (nSPS) is 12.4. The van der Waals surface area contributed by atoms with Crippen LogP contribution in [-0.4, -0.2) is 4.98 Å². The number of hydrogen-bond acceptors (Lipinski definition) is 3. The van der Waals surface area contributed by atoms with Crippen LogP contribution in [0.25, 0.3) is 0 Å². The van der Waals surface area contributed by atoms with Gasteiger partial charge >= 0.3 is 0 Å². The van der Waals surface area contributed by atoms with E-state index in [0.29, 0.717) is 0 Å². The maximum absolute atomic E-state index is 5.64. The minimum atomic E-state index is -0.0186. The fraction of sp³-hybridized carbons (Fsp3) is 0.154. The van der Waals surface area contributed by atoms with Crippen LogP contribution in [0, 0.1) is 0 Å². The minimum absolute atomic E-state index is 0.0186. The zero-order chi connectivity index (χ0) is 13.0. The van der Waals surface area contributed by atoms with Crippen molar-refractivity contribution in [2.24, 2.45) is 5.84 Å². The molecule has 5 heteroatoms. The van der Waals surface area contributed by atoms with Gasteiger partial charge in [0, 0.05) is 15.1 Å². The summed E-state index contributed by atoms with van der Waals surface area (Å²) in [5.74, 6) is 5.64. The molecule has 2 aromatic rings. The lowest BCUT2D eigenvalue weighted by Crippen LogP contribution is -2.30. The van der Waals surface area contributed by atoms with Crippen LogP contribution in [0.2, 0.25) is 0 Å². The first-order valence-corrected chi connectivity index (χ1v) is 7.10. The van der Waals surface area contributed by atoms with Gasteiger partial charge in [0.05, 0.1) is 11.7 Å². The van der Waals surface area contributed by atoms with Gasteiger partial charge in [-0.15, -0.1) is 0 Å². The van der Waals surface area contributed by atoms with Crippen LogP contribution in [-0.2, 0) is 6.42 Å². The molecular formula is C13H13Br2N3. The number of rotatable bonds is 4. The van der Waals surface area contributed by atoms with Crippen molar-refractivity contribution in [1.29, 1.82) is 0 Å². The molecule has 0 saturated heterocycles. The Kier molecular flexibility index (Phi) is 4.88. The predicted molar refractivity (Wildman–Crippen MR) is 79.8 cm³/mol. The maximum atomic E-state index is 5.64. The van der Waals surface area contributed by atoms with Crippen LogP contribution in [0.15, 0.2) is 51.5 Å². The van der Waals surface area contributed by atoms with Crippen LogP contribution < -0.4 is 11.3 Å². The Morgan fingerprint density at radius 2 is 2.06 bits per heavy atom. The molecule has 18 heavy (non-hydrogen) atoms. The van der Waals surface area contributed by atoms with Crippen molar-refractivity contribution in [2.75, 3.05) is 0 Å². The molecule has 0 spiro atoms. The smallest absolute Gasteiger partial charge is 0.0731 e. The monoisotopic (exact) mass is 369 g/mol. The van der Waals surface area contributed by atoms with Gasteiger partial charge in [-0.1, -0.05) is 28.1 Å². The van der Waals surface area contributed by atoms with Crippen molar-refractivity contribution in [3.63, 3.8) is 0 Å². The van der Waals surface area contributed by atoms with E-state index in [-0.39, 0.29) is 6.04 Å². The molecule has 0 aliphatic heterocycles. The van der Waals surface area contributed by atoms with Gasteiger partial charge in [0.25, 0.3) is 0 Å². The minimum Gasteiger partial charge on any atom is -0.271 e. The van der Waals surface area contributed by atoms with E-state index >= 15 is 0 Å². The van der Waals surface area contributed by atoms with E-state index in [1.165, 1.54) is 5.56 Å². The van der Waals surface area contributed by atoms with E-state index in [9.17, 15) is 0 Å². The quantitative estimate of drug-likeness (QED) is 0.640. The van der Waals surface area contributed by atoms with E-state index < -0.39 is 0 Å². The number of aromatic nitrogens is 1. The molecule has 0 saturated carbocycles. The highest BCUT2D eigenvalue weighted by atomic mass is 79.9. The fourth-order valence-corrected chi connectivity index (χ4v) is 2.77. The summed E-state index contributed by atoms with van der Waals surface area (Å²) in [6, 6.07) is 12.0. The standard InChI is InChI=1S/C13H13Br2N3/c14-10-4-1-3-9(7-10)8-12(18-16)13-11(15)5-2-6-17-13/h1-7,12,18H,8,16H2. The molecule has 2 rings (SSSR count). The summed E-state index contributed by atoms with van der Waals surface area (Å²) in [5, 5.41) is 0. The SMILES string of the molecule is NNC(Cc1cccc(Br)c1)c1ncccc1Br. The van der Waals surface area contributed by atoms with Crippen molar-refractivity contribution in [3.8, 4) is 0 Å². The topological polar surface area (TPSA) is 50.9 Å². The number of nitrogens with zero attached hydrogens (tertiary/aromatic N) is 1. The average Bonchev–Trinajstić information content (AvgIpc) is 2.37. The zero-order valence-electron chi connectivity index (χ0n) is 9.61. The lowest BCUT2D eigenvalue weighted by molar-refractivity contribution is 0.536. The second-order valence-corrected chi connectivity index (χ2v) is 5.69. The second kappa shape index (κ2) is 6.43. The van der Waals surface area contributed by atoms with E-state index in [2.05, 4.69) is 54.4 Å². The molecule has 0 fully saturated rings. The largest absolute Gasteiger partial charge is 0.271 e. The molecule has 1 aromatic carbocycles. The summed E-state index contributed by atoms with van der Waals surface area (Å²) in [4.78, 5) is 4.37. The maximum Gasteiger partial charge on any atom is 0.0731 e. The van der Waals surface area contributed by atoms with Crippen molar-refractivity contribution < 1.29 is 0 Å². The molecule has 0 aliphatic carbocycles. The summed E-state index contributed by atoms with van der Waals surface area (Å²) in [7, 11) is 0. The molecule has 0 amide bonds. The highest BCUT2D eigenvalue weighted by Crippen LogP contribution is 2.24. The van der Waals surface area contributed by atoms with E-state index in [0.717, 1.165) is 21.1 Å².